The smallest absolute Gasteiger partial charge is 0.287 e. The number of aromatic amines is 1. The normalized spacial score (nSPS) is 12.0. The van der Waals surface area contributed by atoms with Crippen molar-refractivity contribution in [1.82, 2.24) is 14.8 Å². The molecule has 0 spiro atoms. The average molecular weight is 498 g/mol. The largest absolute Gasteiger partial charge is 0.381 e. The van der Waals surface area contributed by atoms with Crippen LogP contribution in [-0.2, 0) is 6.54 Å². The van der Waals surface area contributed by atoms with Crippen LogP contribution in [0, 0.1) is 0 Å². The summed E-state index contributed by atoms with van der Waals surface area (Å²) in [4.78, 5) is 18.4. The van der Waals surface area contributed by atoms with Crippen molar-refractivity contribution in [1.29, 1.82) is 0 Å². The van der Waals surface area contributed by atoms with E-state index in [2.05, 4.69) is 62.9 Å². The zero-order valence-electron chi connectivity index (χ0n) is 20.3. The van der Waals surface area contributed by atoms with E-state index in [0.717, 1.165) is 16.8 Å². The second kappa shape index (κ2) is 10.3. The van der Waals surface area contributed by atoms with E-state index < -0.39 is 0 Å². The Morgan fingerprint density at radius 1 is 1.00 bits per heavy atom. The number of aromatic nitrogens is 3. The second-order valence-electron chi connectivity index (χ2n) is 9.03. The quantitative estimate of drug-likeness (QED) is 0.287. The maximum absolute atomic E-state index is 12.9. The van der Waals surface area contributed by atoms with E-state index in [1.807, 2.05) is 56.6 Å². The predicted molar refractivity (Wildman–Crippen MR) is 148 cm³/mol. The third-order valence-electron chi connectivity index (χ3n) is 6.47. The summed E-state index contributed by atoms with van der Waals surface area (Å²) in [6.07, 6.45) is 3.70. The zero-order chi connectivity index (χ0) is 25.1. The van der Waals surface area contributed by atoms with Crippen molar-refractivity contribution in [2.24, 2.45) is 0 Å². The molecule has 2 heterocycles. The summed E-state index contributed by atoms with van der Waals surface area (Å²) in [5.74, 6) is 0.0279. The van der Waals surface area contributed by atoms with Crippen LogP contribution in [0.1, 0.15) is 22.6 Å². The van der Waals surface area contributed by atoms with Gasteiger partial charge in [-0.25, -0.2) is 4.68 Å². The van der Waals surface area contributed by atoms with Crippen LogP contribution in [-0.4, -0.2) is 35.4 Å². The topological polar surface area (TPSA) is 66.0 Å². The van der Waals surface area contributed by atoms with Gasteiger partial charge in [0.25, 0.3) is 5.56 Å². The van der Waals surface area contributed by atoms with Gasteiger partial charge < -0.3 is 15.2 Å². The van der Waals surface area contributed by atoms with Gasteiger partial charge in [0.1, 0.15) is 5.02 Å². The van der Waals surface area contributed by atoms with Crippen LogP contribution in [0.25, 0.3) is 10.9 Å². The number of anilines is 2. The molecule has 0 saturated heterocycles. The summed E-state index contributed by atoms with van der Waals surface area (Å²) in [5.41, 5.74) is 5.77. The van der Waals surface area contributed by atoms with Gasteiger partial charge >= 0.3 is 0 Å². The van der Waals surface area contributed by atoms with Crippen LogP contribution >= 0.6 is 11.6 Å². The highest BCUT2D eigenvalue weighted by Crippen LogP contribution is 2.32. The van der Waals surface area contributed by atoms with E-state index in [9.17, 15) is 4.79 Å². The SMILES string of the molecule is CN(C)c1ccc([C@@H](CNc2cnn(Cc3ccccc3)c(=O)c2Cl)c2c[nH]c3ccccc23)cc1. The summed E-state index contributed by atoms with van der Waals surface area (Å²) in [7, 11) is 4.06. The van der Waals surface area contributed by atoms with E-state index in [1.165, 1.54) is 21.2 Å². The highest BCUT2D eigenvalue weighted by Gasteiger charge is 2.20. The van der Waals surface area contributed by atoms with Gasteiger partial charge in [-0.15, -0.1) is 0 Å². The van der Waals surface area contributed by atoms with Crippen molar-refractivity contribution in [3.63, 3.8) is 0 Å². The molecule has 5 rings (SSSR count). The number of hydrogen-bond donors (Lipinski definition) is 2. The fourth-order valence-corrected chi connectivity index (χ4v) is 4.68. The first-order chi connectivity index (χ1) is 17.5. The highest BCUT2D eigenvalue weighted by molar-refractivity contribution is 6.32. The monoisotopic (exact) mass is 497 g/mol. The fourth-order valence-electron chi connectivity index (χ4n) is 4.46. The maximum Gasteiger partial charge on any atom is 0.287 e. The van der Waals surface area contributed by atoms with Gasteiger partial charge in [0.05, 0.1) is 18.4 Å². The van der Waals surface area contributed by atoms with Crippen LogP contribution in [0.15, 0.2) is 96.1 Å². The third kappa shape index (κ3) is 4.86. The number of halogens is 1. The van der Waals surface area contributed by atoms with Gasteiger partial charge in [-0.2, -0.15) is 5.10 Å². The molecule has 0 fully saturated rings. The minimum absolute atomic E-state index is 0.0279. The number of nitrogens with zero attached hydrogens (tertiary/aromatic N) is 3. The van der Waals surface area contributed by atoms with Crippen molar-refractivity contribution >= 4 is 33.9 Å². The molecule has 182 valence electrons. The van der Waals surface area contributed by atoms with Crippen molar-refractivity contribution in [3.8, 4) is 0 Å². The molecule has 6 nitrogen and oxygen atoms in total. The van der Waals surface area contributed by atoms with Crippen molar-refractivity contribution in [3.05, 3.63) is 123 Å². The van der Waals surface area contributed by atoms with Crippen LogP contribution in [0.5, 0.6) is 0 Å². The van der Waals surface area contributed by atoms with E-state index >= 15 is 0 Å². The molecule has 2 N–H and O–H groups in total. The van der Waals surface area contributed by atoms with Crippen LogP contribution in [0.3, 0.4) is 0 Å². The number of fused-ring (bicyclic) bond motifs is 1. The summed E-state index contributed by atoms with van der Waals surface area (Å²) >= 11 is 6.52. The van der Waals surface area contributed by atoms with Crippen molar-refractivity contribution in [2.75, 3.05) is 30.9 Å². The Labute approximate surface area is 215 Å². The van der Waals surface area contributed by atoms with E-state index in [4.69, 9.17) is 11.6 Å². The second-order valence-corrected chi connectivity index (χ2v) is 9.41. The lowest BCUT2D eigenvalue weighted by Crippen LogP contribution is -2.25. The lowest BCUT2D eigenvalue weighted by atomic mass is 9.90. The molecular weight excluding hydrogens is 470 g/mol. The molecule has 0 radical (unpaired) electrons. The van der Waals surface area contributed by atoms with Crippen LogP contribution < -0.4 is 15.8 Å². The van der Waals surface area contributed by atoms with Crippen molar-refractivity contribution in [2.45, 2.75) is 12.5 Å². The van der Waals surface area contributed by atoms with E-state index in [-0.39, 0.29) is 16.5 Å². The first kappa shape index (κ1) is 23.7. The van der Waals surface area contributed by atoms with Crippen LogP contribution in [0.2, 0.25) is 5.02 Å². The molecule has 36 heavy (non-hydrogen) atoms. The van der Waals surface area contributed by atoms with Gasteiger partial charge in [0.15, 0.2) is 0 Å². The molecular formula is C29H28ClN5O. The lowest BCUT2D eigenvalue weighted by Gasteiger charge is -2.21. The molecule has 0 aliphatic heterocycles. The molecule has 3 aromatic carbocycles. The summed E-state index contributed by atoms with van der Waals surface area (Å²) in [6, 6.07) is 26.6. The molecule has 0 saturated carbocycles. The molecule has 5 aromatic rings. The molecule has 7 heteroatoms. The molecule has 0 aliphatic rings. The predicted octanol–water partition coefficient (Wildman–Crippen LogP) is 5.74. The fraction of sp³-hybridized carbons (Fsp3) is 0.172. The Balaban J connectivity index is 1.44. The Hall–Kier alpha value is -4.03. The number of para-hydroxylation sites is 1. The Bertz CT molecular complexity index is 1520. The zero-order valence-corrected chi connectivity index (χ0v) is 21.0. The van der Waals surface area contributed by atoms with Gasteiger partial charge in [0.2, 0.25) is 0 Å². The molecule has 0 aliphatic carbocycles. The number of benzene rings is 3. The van der Waals surface area contributed by atoms with E-state index in [1.54, 1.807) is 6.20 Å². The third-order valence-corrected chi connectivity index (χ3v) is 6.83. The summed E-state index contributed by atoms with van der Waals surface area (Å²) in [6.45, 7) is 0.919. The van der Waals surface area contributed by atoms with Gasteiger partial charge in [-0.1, -0.05) is 72.3 Å². The maximum atomic E-state index is 12.9. The van der Waals surface area contributed by atoms with Gasteiger partial charge in [-0.3, -0.25) is 4.79 Å². The number of rotatable bonds is 8. The summed E-state index contributed by atoms with van der Waals surface area (Å²) in [5, 5.41) is 9.09. The minimum atomic E-state index is -0.315. The van der Waals surface area contributed by atoms with Crippen LogP contribution in [0.4, 0.5) is 11.4 Å². The molecule has 1 atom stereocenters. The average Bonchev–Trinajstić information content (AvgIpc) is 3.33. The minimum Gasteiger partial charge on any atom is -0.381 e. The highest BCUT2D eigenvalue weighted by atomic mass is 35.5. The number of nitrogens with one attached hydrogen (secondary N) is 2. The number of hydrogen-bond acceptors (Lipinski definition) is 4. The Kier molecular flexibility index (Phi) is 6.78. The first-order valence-corrected chi connectivity index (χ1v) is 12.3. The molecule has 0 unspecified atom stereocenters. The van der Waals surface area contributed by atoms with Crippen molar-refractivity contribution < 1.29 is 0 Å². The molecule has 2 aromatic heterocycles. The molecule has 0 bridgehead atoms. The van der Waals surface area contributed by atoms with Gasteiger partial charge in [-0.05, 0) is 34.9 Å². The summed E-state index contributed by atoms with van der Waals surface area (Å²) < 4.78 is 1.39. The Morgan fingerprint density at radius 3 is 2.47 bits per heavy atom. The standard InChI is InChI=1S/C29H28ClN5O/c1-34(2)22-14-12-21(13-15-22)24(25-17-31-26-11-7-6-10-23(25)26)16-32-27-18-33-35(29(36)28(27)30)19-20-8-4-3-5-9-20/h3-15,17-18,24,31-32H,16,19H2,1-2H3/t24-/m1/s1. The number of H-pyrrole nitrogens is 1. The van der Waals surface area contributed by atoms with Gasteiger partial charge in [0, 0.05) is 49.3 Å². The Morgan fingerprint density at radius 2 is 1.72 bits per heavy atom. The molecule has 0 amide bonds. The first-order valence-electron chi connectivity index (χ1n) is 11.9. The lowest BCUT2D eigenvalue weighted by molar-refractivity contribution is 0.639. The van der Waals surface area contributed by atoms with E-state index in [0.29, 0.717) is 18.8 Å².